The Labute approximate surface area is 86.3 Å². The Morgan fingerprint density at radius 3 is 2.29 bits per heavy atom. The predicted molar refractivity (Wildman–Crippen MR) is 57.1 cm³/mol. The summed E-state index contributed by atoms with van der Waals surface area (Å²) in [4.78, 5) is 2.42. The van der Waals surface area contributed by atoms with Gasteiger partial charge in [0, 0.05) is 12.6 Å². The number of nitrogens with two attached hydrogens (primary N) is 1. The van der Waals surface area contributed by atoms with Crippen molar-refractivity contribution in [1.29, 1.82) is 0 Å². The SMILES string of the molecule is NC1CCCN(CC2(O)CC2)CCC1. The van der Waals surface area contributed by atoms with Crippen LogP contribution in [0.2, 0.25) is 0 Å². The van der Waals surface area contributed by atoms with E-state index in [1.54, 1.807) is 0 Å². The van der Waals surface area contributed by atoms with E-state index in [1.165, 1.54) is 12.8 Å². The van der Waals surface area contributed by atoms with E-state index in [1.807, 2.05) is 0 Å². The summed E-state index contributed by atoms with van der Waals surface area (Å²) < 4.78 is 0. The second kappa shape index (κ2) is 4.17. The molecule has 2 aliphatic rings. The minimum atomic E-state index is -0.318. The quantitative estimate of drug-likeness (QED) is 0.687. The standard InChI is InChI=1S/C11H22N2O/c12-10-3-1-7-13(8-2-4-10)9-11(14)5-6-11/h10,14H,1-9,12H2. The fraction of sp³-hybridized carbons (Fsp3) is 1.00. The molecule has 3 heteroatoms. The number of rotatable bonds is 2. The molecule has 0 amide bonds. The van der Waals surface area contributed by atoms with Crippen molar-refractivity contribution in [2.24, 2.45) is 5.73 Å². The topological polar surface area (TPSA) is 49.5 Å². The van der Waals surface area contributed by atoms with Crippen LogP contribution in [-0.4, -0.2) is 41.3 Å². The van der Waals surface area contributed by atoms with Crippen LogP contribution in [0, 0.1) is 0 Å². The van der Waals surface area contributed by atoms with Gasteiger partial charge in [0.1, 0.15) is 0 Å². The number of hydrogen-bond acceptors (Lipinski definition) is 3. The van der Waals surface area contributed by atoms with Crippen LogP contribution in [0.4, 0.5) is 0 Å². The van der Waals surface area contributed by atoms with Gasteiger partial charge in [-0.3, -0.25) is 0 Å². The third-order valence-corrected chi connectivity index (χ3v) is 3.44. The van der Waals surface area contributed by atoms with Crippen LogP contribution in [0.5, 0.6) is 0 Å². The molecule has 0 aromatic carbocycles. The summed E-state index contributed by atoms with van der Waals surface area (Å²) >= 11 is 0. The molecular formula is C11H22N2O. The highest BCUT2D eigenvalue weighted by Gasteiger charge is 2.41. The predicted octanol–water partition coefficient (Wildman–Crippen LogP) is 0.715. The highest BCUT2D eigenvalue weighted by Crippen LogP contribution is 2.35. The van der Waals surface area contributed by atoms with Crippen LogP contribution < -0.4 is 5.73 Å². The Balaban J connectivity index is 1.75. The van der Waals surface area contributed by atoms with E-state index in [4.69, 9.17) is 5.73 Å². The summed E-state index contributed by atoms with van der Waals surface area (Å²) in [5.74, 6) is 0. The van der Waals surface area contributed by atoms with Gasteiger partial charge in [0.25, 0.3) is 0 Å². The van der Waals surface area contributed by atoms with Gasteiger partial charge in [-0.2, -0.15) is 0 Å². The zero-order valence-electron chi connectivity index (χ0n) is 8.91. The Hall–Kier alpha value is -0.120. The molecule has 1 aliphatic carbocycles. The molecular weight excluding hydrogens is 176 g/mol. The molecule has 14 heavy (non-hydrogen) atoms. The summed E-state index contributed by atoms with van der Waals surface area (Å²) in [7, 11) is 0. The van der Waals surface area contributed by atoms with Gasteiger partial charge in [-0.25, -0.2) is 0 Å². The van der Waals surface area contributed by atoms with Gasteiger partial charge < -0.3 is 15.7 Å². The third kappa shape index (κ3) is 2.94. The first-order valence-electron chi connectivity index (χ1n) is 5.88. The van der Waals surface area contributed by atoms with E-state index < -0.39 is 0 Å². The van der Waals surface area contributed by atoms with Gasteiger partial charge in [-0.05, 0) is 51.6 Å². The van der Waals surface area contributed by atoms with Crippen LogP contribution in [-0.2, 0) is 0 Å². The van der Waals surface area contributed by atoms with E-state index in [-0.39, 0.29) is 5.60 Å². The molecule has 0 aromatic heterocycles. The molecule has 3 N–H and O–H groups in total. The average Bonchev–Trinajstić information content (AvgIpc) is 2.80. The maximum absolute atomic E-state index is 9.83. The summed E-state index contributed by atoms with van der Waals surface area (Å²) in [6, 6.07) is 0.418. The van der Waals surface area contributed by atoms with Gasteiger partial charge in [-0.1, -0.05) is 0 Å². The Kier molecular flexibility index (Phi) is 3.10. The molecule has 3 nitrogen and oxygen atoms in total. The van der Waals surface area contributed by atoms with Gasteiger partial charge >= 0.3 is 0 Å². The average molecular weight is 198 g/mol. The van der Waals surface area contributed by atoms with E-state index in [0.717, 1.165) is 45.3 Å². The third-order valence-electron chi connectivity index (χ3n) is 3.44. The normalized spacial score (nSPS) is 29.6. The summed E-state index contributed by atoms with van der Waals surface area (Å²) in [5.41, 5.74) is 5.60. The highest BCUT2D eigenvalue weighted by atomic mass is 16.3. The van der Waals surface area contributed by atoms with Gasteiger partial charge in [0.15, 0.2) is 0 Å². The van der Waals surface area contributed by atoms with E-state index in [0.29, 0.717) is 6.04 Å². The Morgan fingerprint density at radius 2 is 1.79 bits per heavy atom. The Morgan fingerprint density at radius 1 is 1.21 bits per heavy atom. The Bertz CT molecular complexity index is 182. The van der Waals surface area contributed by atoms with Crippen LogP contribution >= 0.6 is 0 Å². The molecule has 0 aromatic rings. The molecule has 1 heterocycles. The number of hydrogen-bond donors (Lipinski definition) is 2. The number of aliphatic hydroxyl groups is 1. The maximum Gasteiger partial charge on any atom is 0.0776 e. The molecule has 1 saturated heterocycles. The molecule has 82 valence electrons. The van der Waals surface area contributed by atoms with E-state index >= 15 is 0 Å². The fourth-order valence-electron chi connectivity index (χ4n) is 2.29. The molecule has 0 radical (unpaired) electrons. The highest BCUT2D eigenvalue weighted by molar-refractivity contribution is 4.96. The summed E-state index contributed by atoms with van der Waals surface area (Å²) in [5, 5.41) is 9.83. The second-order valence-electron chi connectivity index (χ2n) is 5.05. The largest absolute Gasteiger partial charge is 0.389 e. The van der Waals surface area contributed by atoms with Crippen LogP contribution in [0.1, 0.15) is 38.5 Å². The lowest BCUT2D eigenvalue weighted by Gasteiger charge is -2.28. The van der Waals surface area contributed by atoms with Crippen LogP contribution in [0.25, 0.3) is 0 Å². The summed E-state index contributed by atoms with van der Waals surface area (Å²) in [6.07, 6.45) is 6.68. The zero-order valence-corrected chi connectivity index (χ0v) is 8.91. The molecule has 2 rings (SSSR count). The van der Waals surface area contributed by atoms with Crippen LogP contribution in [0.15, 0.2) is 0 Å². The lowest BCUT2D eigenvalue weighted by Crippen LogP contribution is -2.38. The molecule has 0 spiro atoms. The molecule has 1 saturated carbocycles. The lowest BCUT2D eigenvalue weighted by atomic mass is 10.0. The monoisotopic (exact) mass is 198 g/mol. The number of likely N-dealkylation sites (tertiary alicyclic amines) is 1. The fourth-order valence-corrected chi connectivity index (χ4v) is 2.29. The van der Waals surface area contributed by atoms with Gasteiger partial charge in [0.2, 0.25) is 0 Å². The molecule has 0 bridgehead atoms. The van der Waals surface area contributed by atoms with Crippen molar-refractivity contribution < 1.29 is 5.11 Å². The van der Waals surface area contributed by atoms with Crippen molar-refractivity contribution in [1.82, 2.24) is 4.90 Å². The van der Waals surface area contributed by atoms with Gasteiger partial charge in [0.05, 0.1) is 5.60 Å². The van der Waals surface area contributed by atoms with Crippen LogP contribution in [0.3, 0.4) is 0 Å². The molecule has 1 aliphatic heterocycles. The lowest BCUT2D eigenvalue weighted by molar-refractivity contribution is 0.0867. The second-order valence-corrected chi connectivity index (χ2v) is 5.05. The maximum atomic E-state index is 9.83. The summed E-state index contributed by atoms with van der Waals surface area (Å²) in [6.45, 7) is 3.13. The van der Waals surface area contributed by atoms with Crippen molar-refractivity contribution in [3.63, 3.8) is 0 Å². The van der Waals surface area contributed by atoms with Crippen molar-refractivity contribution in [2.75, 3.05) is 19.6 Å². The first-order chi connectivity index (χ1) is 6.68. The molecule has 2 fully saturated rings. The molecule has 0 atom stereocenters. The van der Waals surface area contributed by atoms with E-state index in [9.17, 15) is 5.11 Å². The first kappa shape index (κ1) is 10.4. The zero-order chi connectivity index (χ0) is 10.0. The number of β-amino-alcohol motifs (C(OH)–C–C–N with tert-alkyl or cyclic N) is 1. The minimum Gasteiger partial charge on any atom is -0.389 e. The van der Waals surface area contributed by atoms with Crippen molar-refractivity contribution in [3.05, 3.63) is 0 Å². The first-order valence-corrected chi connectivity index (χ1v) is 5.88. The van der Waals surface area contributed by atoms with Crippen molar-refractivity contribution in [2.45, 2.75) is 50.2 Å². The smallest absolute Gasteiger partial charge is 0.0776 e. The van der Waals surface area contributed by atoms with Crippen molar-refractivity contribution in [3.8, 4) is 0 Å². The molecule has 0 unspecified atom stereocenters. The van der Waals surface area contributed by atoms with Gasteiger partial charge in [-0.15, -0.1) is 0 Å². The number of nitrogens with zero attached hydrogens (tertiary/aromatic N) is 1. The minimum absolute atomic E-state index is 0.318. The van der Waals surface area contributed by atoms with Crippen molar-refractivity contribution >= 4 is 0 Å². The van der Waals surface area contributed by atoms with E-state index in [2.05, 4.69) is 4.90 Å².